The number of hydrogen-bond acceptors (Lipinski definition) is 3. The van der Waals surface area contributed by atoms with Crippen LogP contribution in [0.5, 0.6) is 5.75 Å². The van der Waals surface area contributed by atoms with Crippen LogP contribution in [0.2, 0.25) is 0 Å². The maximum atomic E-state index is 12.0. The van der Waals surface area contributed by atoms with E-state index in [1.54, 1.807) is 24.3 Å². The lowest BCUT2D eigenvalue weighted by Gasteiger charge is -2.07. The molecule has 0 atom stereocenters. The fourth-order valence-corrected chi connectivity index (χ4v) is 2.64. The number of rotatable bonds is 12. The van der Waals surface area contributed by atoms with Gasteiger partial charge in [-0.25, -0.2) is 4.79 Å². The van der Waals surface area contributed by atoms with Crippen molar-refractivity contribution < 1.29 is 14.6 Å². The highest BCUT2D eigenvalue weighted by atomic mass is 16.5. The Balaban J connectivity index is 2.41. The number of phenolic OH excluding ortho intramolecular Hbond substituents is 1. The summed E-state index contributed by atoms with van der Waals surface area (Å²) in [5.74, 6) is -0.174. The number of phenols is 1. The summed E-state index contributed by atoms with van der Waals surface area (Å²) in [5, 5.41) is 9.99. The Kier molecular flexibility index (Phi) is 10.4. The van der Waals surface area contributed by atoms with Crippen LogP contribution in [0.25, 0.3) is 0 Å². The van der Waals surface area contributed by atoms with Gasteiger partial charge in [-0.05, 0) is 49.6 Å². The highest BCUT2D eigenvalue weighted by Crippen LogP contribution is 2.22. The fourth-order valence-electron chi connectivity index (χ4n) is 2.64. The van der Waals surface area contributed by atoms with Crippen LogP contribution >= 0.6 is 0 Å². The van der Waals surface area contributed by atoms with Crippen molar-refractivity contribution in [2.45, 2.75) is 71.6 Å². The molecule has 1 aromatic carbocycles. The first-order valence-electron chi connectivity index (χ1n) is 9.39. The van der Waals surface area contributed by atoms with Gasteiger partial charge >= 0.3 is 5.97 Å². The lowest BCUT2D eigenvalue weighted by atomic mass is 10.0. The third-order valence-corrected chi connectivity index (χ3v) is 4.14. The van der Waals surface area contributed by atoms with E-state index in [0.717, 1.165) is 30.4 Å². The molecule has 0 radical (unpaired) electrons. The molecule has 0 heterocycles. The topological polar surface area (TPSA) is 46.5 Å². The van der Waals surface area contributed by atoms with Crippen molar-refractivity contribution in [2.24, 2.45) is 0 Å². The van der Waals surface area contributed by atoms with E-state index >= 15 is 0 Å². The Bertz CT molecular complexity index is 573. The molecule has 0 aliphatic heterocycles. The summed E-state index contributed by atoms with van der Waals surface area (Å²) in [5.41, 5.74) is 2.08. The zero-order valence-corrected chi connectivity index (χ0v) is 15.7. The standard InChI is InChI=1S/C22H32O3/c1-4-5-6-7-8-9-10-11-12-19-17-20(13-14-21(19)23)22(24)25-16-15-18(2)3/h13-17,23H,2,4-12H2,1,3H3/b16-15+. The van der Waals surface area contributed by atoms with Gasteiger partial charge in [0.15, 0.2) is 0 Å². The Labute approximate surface area is 152 Å². The molecule has 25 heavy (non-hydrogen) atoms. The summed E-state index contributed by atoms with van der Waals surface area (Å²) >= 11 is 0. The SMILES string of the molecule is C=C(C)/C=C/OC(=O)c1ccc(O)c(CCCCCCCCCC)c1. The minimum atomic E-state index is -0.422. The highest BCUT2D eigenvalue weighted by molar-refractivity contribution is 5.90. The number of benzene rings is 1. The number of aryl methyl sites for hydroxylation is 1. The Morgan fingerprint density at radius 2 is 1.76 bits per heavy atom. The molecular formula is C22H32O3. The predicted molar refractivity (Wildman–Crippen MR) is 104 cm³/mol. The normalized spacial score (nSPS) is 11.0. The summed E-state index contributed by atoms with van der Waals surface area (Å²) in [6, 6.07) is 4.89. The molecule has 1 N–H and O–H groups in total. The third-order valence-electron chi connectivity index (χ3n) is 4.14. The molecule has 0 fully saturated rings. The van der Waals surface area contributed by atoms with Crippen LogP contribution in [0.3, 0.4) is 0 Å². The minimum absolute atomic E-state index is 0.247. The number of esters is 1. The van der Waals surface area contributed by atoms with Crippen LogP contribution in [-0.2, 0) is 11.2 Å². The molecule has 0 unspecified atom stereocenters. The van der Waals surface area contributed by atoms with Gasteiger partial charge in [-0.15, -0.1) is 0 Å². The average Bonchev–Trinajstić information content (AvgIpc) is 2.58. The number of allylic oxidation sites excluding steroid dienone is 2. The molecule has 1 rings (SSSR count). The lowest BCUT2D eigenvalue weighted by molar-refractivity contribution is 0.0663. The molecule has 0 spiro atoms. The van der Waals surface area contributed by atoms with Gasteiger partial charge in [0.1, 0.15) is 5.75 Å². The first-order chi connectivity index (χ1) is 12.0. The summed E-state index contributed by atoms with van der Waals surface area (Å²) < 4.78 is 5.06. The van der Waals surface area contributed by atoms with Gasteiger partial charge in [0, 0.05) is 0 Å². The average molecular weight is 344 g/mol. The molecule has 0 saturated carbocycles. The maximum Gasteiger partial charge on any atom is 0.342 e. The van der Waals surface area contributed by atoms with E-state index in [2.05, 4.69) is 13.5 Å². The van der Waals surface area contributed by atoms with Crippen LogP contribution in [0, 0.1) is 0 Å². The van der Waals surface area contributed by atoms with Crippen molar-refractivity contribution in [3.63, 3.8) is 0 Å². The molecule has 138 valence electrons. The zero-order chi connectivity index (χ0) is 18.5. The quantitative estimate of drug-likeness (QED) is 0.209. The number of hydrogen-bond donors (Lipinski definition) is 1. The van der Waals surface area contributed by atoms with Gasteiger partial charge in [0.2, 0.25) is 0 Å². The summed E-state index contributed by atoms with van der Waals surface area (Å²) in [6.45, 7) is 7.76. The van der Waals surface area contributed by atoms with Crippen molar-refractivity contribution in [2.75, 3.05) is 0 Å². The van der Waals surface area contributed by atoms with Crippen molar-refractivity contribution in [1.29, 1.82) is 0 Å². The van der Waals surface area contributed by atoms with Crippen LogP contribution in [0.15, 0.2) is 42.7 Å². The summed E-state index contributed by atoms with van der Waals surface area (Å²) in [4.78, 5) is 12.0. The minimum Gasteiger partial charge on any atom is -0.508 e. The highest BCUT2D eigenvalue weighted by Gasteiger charge is 2.10. The van der Waals surface area contributed by atoms with Gasteiger partial charge in [-0.2, -0.15) is 0 Å². The van der Waals surface area contributed by atoms with Crippen molar-refractivity contribution in [3.05, 3.63) is 53.8 Å². The first kappa shape index (κ1) is 21.0. The monoisotopic (exact) mass is 344 g/mol. The van der Waals surface area contributed by atoms with Gasteiger partial charge in [-0.3, -0.25) is 0 Å². The van der Waals surface area contributed by atoms with Gasteiger partial charge in [-0.1, -0.05) is 64.0 Å². The Hall–Kier alpha value is -2.03. The second-order valence-corrected chi connectivity index (χ2v) is 6.62. The van der Waals surface area contributed by atoms with Crippen molar-refractivity contribution >= 4 is 5.97 Å². The fraction of sp³-hybridized carbons (Fsp3) is 0.500. The second kappa shape index (κ2) is 12.3. The second-order valence-electron chi connectivity index (χ2n) is 6.62. The van der Waals surface area contributed by atoms with Crippen LogP contribution in [0.1, 0.15) is 81.1 Å². The van der Waals surface area contributed by atoms with E-state index in [4.69, 9.17) is 4.74 Å². The third kappa shape index (κ3) is 9.13. The number of ether oxygens (including phenoxy) is 1. The lowest BCUT2D eigenvalue weighted by Crippen LogP contribution is -2.01. The van der Waals surface area contributed by atoms with Crippen LogP contribution in [0.4, 0.5) is 0 Å². The Morgan fingerprint density at radius 1 is 1.12 bits per heavy atom. The molecule has 0 aromatic heterocycles. The number of aromatic hydroxyl groups is 1. The molecule has 0 aliphatic rings. The van der Waals surface area contributed by atoms with E-state index < -0.39 is 5.97 Å². The maximum absolute atomic E-state index is 12.0. The molecule has 0 amide bonds. The molecular weight excluding hydrogens is 312 g/mol. The smallest absolute Gasteiger partial charge is 0.342 e. The molecule has 0 saturated heterocycles. The Morgan fingerprint density at radius 3 is 2.40 bits per heavy atom. The number of unbranched alkanes of at least 4 members (excludes halogenated alkanes) is 7. The summed E-state index contributed by atoms with van der Waals surface area (Å²) in [7, 11) is 0. The molecule has 3 heteroatoms. The summed E-state index contributed by atoms with van der Waals surface area (Å²) in [6.07, 6.45) is 13.7. The molecule has 3 nitrogen and oxygen atoms in total. The first-order valence-corrected chi connectivity index (χ1v) is 9.39. The molecule has 0 bridgehead atoms. The molecule has 1 aromatic rings. The zero-order valence-electron chi connectivity index (χ0n) is 15.7. The van der Waals surface area contributed by atoms with Crippen LogP contribution < -0.4 is 0 Å². The largest absolute Gasteiger partial charge is 0.508 e. The van der Waals surface area contributed by atoms with E-state index in [9.17, 15) is 9.90 Å². The van der Waals surface area contributed by atoms with Crippen molar-refractivity contribution in [3.8, 4) is 5.75 Å². The number of carbonyl (C=O) groups excluding carboxylic acids is 1. The van der Waals surface area contributed by atoms with Gasteiger partial charge < -0.3 is 9.84 Å². The van der Waals surface area contributed by atoms with Gasteiger partial charge in [0.05, 0.1) is 11.8 Å². The van der Waals surface area contributed by atoms with Crippen molar-refractivity contribution in [1.82, 2.24) is 0 Å². The number of carbonyl (C=O) groups is 1. The van der Waals surface area contributed by atoms with Gasteiger partial charge in [0.25, 0.3) is 0 Å². The van der Waals surface area contributed by atoms with Crippen LogP contribution in [-0.4, -0.2) is 11.1 Å². The predicted octanol–water partition coefficient (Wildman–Crippen LogP) is 6.32. The van der Waals surface area contributed by atoms with E-state index in [1.807, 2.05) is 6.92 Å². The molecule has 0 aliphatic carbocycles. The van der Waals surface area contributed by atoms with E-state index in [-0.39, 0.29) is 5.75 Å². The van der Waals surface area contributed by atoms with E-state index in [0.29, 0.717) is 5.56 Å². The van der Waals surface area contributed by atoms with E-state index in [1.165, 1.54) is 44.8 Å².